The van der Waals surface area contributed by atoms with Crippen molar-refractivity contribution in [2.75, 3.05) is 23.5 Å². The summed E-state index contributed by atoms with van der Waals surface area (Å²) in [5, 5.41) is 5.23. The Morgan fingerprint density at radius 1 is 0.907 bits per heavy atom. The van der Waals surface area contributed by atoms with Crippen molar-refractivity contribution < 1.29 is 32.2 Å². The zero-order chi connectivity index (χ0) is 30.3. The van der Waals surface area contributed by atoms with Gasteiger partial charge in [0.2, 0.25) is 0 Å². The normalized spacial score (nSPS) is 13.7. The van der Waals surface area contributed by atoms with E-state index in [2.05, 4.69) is 15.1 Å². The van der Waals surface area contributed by atoms with Gasteiger partial charge in [-0.15, -0.1) is 0 Å². The lowest BCUT2D eigenvalue weighted by molar-refractivity contribution is -0.137. The molecule has 0 aliphatic carbocycles. The fourth-order valence-corrected chi connectivity index (χ4v) is 4.79. The molecule has 0 atom stereocenters. The second kappa shape index (κ2) is 10.9. The van der Waals surface area contributed by atoms with E-state index in [1.54, 1.807) is 30.0 Å². The second-order valence-corrected chi connectivity index (χ2v) is 9.82. The van der Waals surface area contributed by atoms with E-state index in [1.807, 2.05) is 24.3 Å². The van der Waals surface area contributed by atoms with Crippen LogP contribution in [0.5, 0.6) is 17.2 Å². The molecular weight excluding hydrogens is 589 g/mol. The van der Waals surface area contributed by atoms with Crippen LogP contribution in [0.4, 0.5) is 29.3 Å². The molecule has 0 spiro atoms. The van der Waals surface area contributed by atoms with E-state index in [0.717, 1.165) is 33.4 Å². The zero-order valence-electron chi connectivity index (χ0n) is 22.2. The maximum absolute atomic E-state index is 13.1. The van der Waals surface area contributed by atoms with Crippen molar-refractivity contribution in [3.05, 3.63) is 95.5 Å². The summed E-state index contributed by atoms with van der Waals surface area (Å²) in [6.07, 6.45) is -1.37. The standard InChI is InChI=1S/C29H20ClF3N6O4/c1-42-21-6-2-17(3-7-21)15-38-27-24(26(30)36-38)11-23(14-35-27)43-22-8-4-19(5-9-22)39-25(40)16-37(28(39)41)20-10-18(12-34-13-20)29(31,32)33/h2-14H,15-16H2,1H3. The lowest BCUT2D eigenvalue weighted by atomic mass is 10.2. The molecule has 1 saturated heterocycles. The maximum atomic E-state index is 13.1. The van der Waals surface area contributed by atoms with Gasteiger partial charge in [0.15, 0.2) is 10.8 Å². The Balaban J connectivity index is 1.17. The van der Waals surface area contributed by atoms with Gasteiger partial charge >= 0.3 is 12.2 Å². The molecule has 10 nitrogen and oxygen atoms in total. The first kappa shape index (κ1) is 28.0. The van der Waals surface area contributed by atoms with Gasteiger partial charge in [-0.25, -0.2) is 19.4 Å². The molecule has 4 heterocycles. The number of rotatable bonds is 7. The van der Waals surface area contributed by atoms with Gasteiger partial charge in [-0.3, -0.25) is 14.7 Å². The number of fused-ring (bicyclic) bond motifs is 1. The first-order valence-electron chi connectivity index (χ1n) is 12.7. The number of imide groups is 1. The predicted molar refractivity (Wildman–Crippen MR) is 151 cm³/mol. The first-order chi connectivity index (χ1) is 20.6. The van der Waals surface area contributed by atoms with Crippen molar-refractivity contribution in [3.8, 4) is 17.2 Å². The van der Waals surface area contributed by atoms with Gasteiger partial charge in [-0.2, -0.15) is 18.3 Å². The van der Waals surface area contributed by atoms with E-state index in [1.165, 1.54) is 18.3 Å². The molecule has 5 aromatic rings. The number of amides is 3. The quantitative estimate of drug-likeness (QED) is 0.199. The van der Waals surface area contributed by atoms with Gasteiger partial charge in [0.25, 0.3) is 5.91 Å². The third kappa shape index (κ3) is 5.54. The Labute approximate surface area is 246 Å². The molecule has 1 aliphatic heterocycles. The number of benzene rings is 2. The number of aromatic nitrogens is 4. The lowest BCUT2D eigenvalue weighted by Crippen LogP contribution is -2.33. The van der Waals surface area contributed by atoms with E-state index in [0.29, 0.717) is 35.3 Å². The van der Waals surface area contributed by atoms with Crippen molar-refractivity contribution in [2.45, 2.75) is 12.7 Å². The highest BCUT2D eigenvalue weighted by atomic mass is 35.5. The highest BCUT2D eigenvalue weighted by Gasteiger charge is 2.39. The Morgan fingerprint density at radius 2 is 1.63 bits per heavy atom. The van der Waals surface area contributed by atoms with E-state index < -0.39 is 30.2 Å². The highest BCUT2D eigenvalue weighted by molar-refractivity contribution is 6.34. The van der Waals surface area contributed by atoms with Gasteiger partial charge in [0, 0.05) is 6.20 Å². The minimum atomic E-state index is -4.64. The maximum Gasteiger partial charge on any atom is 0.417 e. The molecule has 0 bridgehead atoms. The van der Waals surface area contributed by atoms with Crippen LogP contribution in [0.1, 0.15) is 11.1 Å². The van der Waals surface area contributed by atoms with E-state index in [4.69, 9.17) is 21.1 Å². The van der Waals surface area contributed by atoms with Crippen LogP contribution in [0.3, 0.4) is 0 Å². The molecular formula is C29H20ClF3N6O4. The number of methoxy groups -OCH3 is 1. The van der Waals surface area contributed by atoms with Gasteiger partial charge in [0.05, 0.1) is 48.4 Å². The Bertz CT molecular complexity index is 1840. The van der Waals surface area contributed by atoms with Crippen molar-refractivity contribution in [3.63, 3.8) is 0 Å². The average Bonchev–Trinajstić information content (AvgIpc) is 3.47. The average molecular weight is 609 g/mol. The number of halogens is 4. The van der Waals surface area contributed by atoms with Crippen LogP contribution in [0.25, 0.3) is 11.0 Å². The van der Waals surface area contributed by atoms with Crippen molar-refractivity contribution in [2.24, 2.45) is 0 Å². The summed E-state index contributed by atoms with van der Waals surface area (Å²) in [6.45, 7) is 0.0101. The Kier molecular flexibility index (Phi) is 7.10. The number of pyridine rings is 2. The molecule has 6 rings (SSSR count). The monoisotopic (exact) mass is 608 g/mol. The third-order valence-corrected chi connectivity index (χ3v) is 6.95. The number of hydrogen-bond donors (Lipinski definition) is 0. The van der Waals surface area contributed by atoms with Crippen molar-refractivity contribution in [1.29, 1.82) is 0 Å². The molecule has 0 radical (unpaired) electrons. The first-order valence-corrected chi connectivity index (χ1v) is 13.1. The number of alkyl halides is 3. The molecule has 3 amide bonds. The second-order valence-electron chi connectivity index (χ2n) is 9.46. The summed E-state index contributed by atoms with van der Waals surface area (Å²) in [5.41, 5.74) is 0.609. The highest BCUT2D eigenvalue weighted by Crippen LogP contribution is 2.34. The topological polar surface area (TPSA) is 103 Å². The minimum Gasteiger partial charge on any atom is -0.497 e. The molecule has 1 aliphatic rings. The Hall–Kier alpha value is -5.17. The molecule has 218 valence electrons. The lowest BCUT2D eigenvalue weighted by Gasteiger charge is -2.18. The SMILES string of the molecule is COc1ccc(Cn2nc(Cl)c3cc(Oc4ccc(N5C(=O)CN(c6cncc(C(F)(F)F)c6)C5=O)cc4)cnc32)cc1. The van der Waals surface area contributed by atoms with Crippen LogP contribution < -0.4 is 19.3 Å². The van der Waals surface area contributed by atoms with Gasteiger partial charge < -0.3 is 9.47 Å². The van der Waals surface area contributed by atoms with Gasteiger partial charge in [-0.05, 0) is 54.1 Å². The van der Waals surface area contributed by atoms with E-state index >= 15 is 0 Å². The summed E-state index contributed by atoms with van der Waals surface area (Å²) in [7, 11) is 1.60. The predicted octanol–water partition coefficient (Wildman–Crippen LogP) is 6.32. The van der Waals surface area contributed by atoms with Crippen LogP contribution in [-0.4, -0.2) is 45.3 Å². The molecule has 0 N–H and O–H groups in total. The molecule has 2 aromatic carbocycles. The fourth-order valence-electron chi connectivity index (χ4n) is 4.56. The number of carbonyl (C=O) groups is 2. The fraction of sp³-hybridized carbons (Fsp3) is 0.138. The van der Waals surface area contributed by atoms with E-state index in [-0.39, 0.29) is 16.5 Å². The summed E-state index contributed by atoms with van der Waals surface area (Å²) < 4.78 is 52.1. The Morgan fingerprint density at radius 3 is 2.33 bits per heavy atom. The van der Waals surface area contributed by atoms with Crippen LogP contribution in [0.15, 0.2) is 79.3 Å². The van der Waals surface area contributed by atoms with Crippen molar-refractivity contribution in [1.82, 2.24) is 19.7 Å². The van der Waals surface area contributed by atoms with Crippen LogP contribution in [0.2, 0.25) is 5.15 Å². The summed E-state index contributed by atoms with van der Waals surface area (Å²) >= 11 is 6.39. The van der Waals surface area contributed by atoms with Crippen LogP contribution >= 0.6 is 11.6 Å². The minimum absolute atomic E-state index is 0.135. The smallest absolute Gasteiger partial charge is 0.417 e. The molecule has 0 saturated carbocycles. The summed E-state index contributed by atoms with van der Waals surface area (Å²) in [6, 6.07) is 15.3. The van der Waals surface area contributed by atoms with Crippen LogP contribution in [-0.2, 0) is 17.5 Å². The zero-order valence-corrected chi connectivity index (χ0v) is 23.0. The van der Waals surface area contributed by atoms with Gasteiger partial charge in [0.1, 0.15) is 23.8 Å². The molecule has 0 unspecified atom stereocenters. The number of nitrogens with zero attached hydrogens (tertiary/aromatic N) is 6. The molecule has 14 heteroatoms. The number of urea groups is 1. The van der Waals surface area contributed by atoms with E-state index in [9.17, 15) is 22.8 Å². The van der Waals surface area contributed by atoms with Crippen molar-refractivity contribution >= 4 is 45.9 Å². The van der Waals surface area contributed by atoms with Crippen LogP contribution in [0, 0.1) is 0 Å². The number of carbonyl (C=O) groups excluding carboxylic acids is 2. The largest absolute Gasteiger partial charge is 0.497 e. The number of ether oxygens (including phenoxy) is 2. The number of anilines is 2. The molecule has 1 fully saturated rings. The summed E-state index contributed by atoms with van der Waals surface area (Å²) in [4.78, 5) is 35.6. The molecule has 43 heavy (non-hydrogen) atoms. The number of hydrogen-bond acceptors (Lipinski definition) is 7. The molecule has 3 aromatic heterocycles. The summed E-state index contributed by atoms with van der Waals surface area (Å²) in [5.74, 6) is 0.896. The van der Waals surface area contributed by atoms with Gasteiger partial charge in [-0.1, -0.05) is 23.7 Å². The third-order valence-electron chi connectivity index (χ3n) is 6.67.